The minimum atomic E-state index is -2.46. The van der Waals surface area contributed by atoms with Crippen molar-refractivity contribution in [2.75, 3.05) is 34.4 Å². The quantitative estimate of drug-likeness (QED) is 0.479. The maximum absolute atomic E-state index is 6.30. The molecule has 0 bridgehead atoms. The van der Waals surface area contributed by atoms with E-state index in [4.69, 9.17) is 19.0 Å². The van der Waals surface area contributed by atoms with Gasteiger partial charge in [0.2, 0.25) is 0 Å². The Morgan fingerprint density at radius 2 is 1.74 bits per heavy atom. The number of nitrogens with one attached hydrogen (secondary N) is 1. The van der Waals surface area contributed by atoms with E-state index in [-0.39, 0.29) is 0 Å². The van der Waals surface area contributed by atoms with Gasteiger partial charge in [-0.3, -0.25) is 0 Å². The molecule has 130 valence electrons. The fraction of sp³-hybridized carbons (Fsp3) is 0.529. The number of nitrogens with two attached hydrogens (primary N) is 1. The van der Waals surface area contributed by atoms with E-state index in [2.05, 4.69) is 23.5 Å². The Labute approximate surface area is 141 Å². The predicted molar refractivity (Wildman–Crippen MR) is 97.1 cm³/mol. The highest BCUT2D eigenvalue weighted by Crippen LogP contribution is 2.14. The molecule has 0 aliphatic rings. The van der Waals surface area contributed by atoms with Crippen LogP contribution in [0.15, 0.2) is 36.4 Å². The van der Waals surface area contributed by atoms with E-state index in [0.29, 0.717) is 6.54 Å². The second kappa shape index (κ2) is 9.97. The Bertz CT molecular complexity index is 454. The fourth-order valence-corrected chi connectivity index (χ4v) is 3.98. The van der Waals surface area contributed by atoms with Gasteiger partial charge < -0.3 is 24.3 Å². The zero-order chi connectivity index (χ0) is 17.2. The average Bonchev–Trinajstić information content (AvgIpc) is 2.58. The average molecular weight is 339 g/mol. The summed E-state index contributed by atoms with van der Waals surface area (Å²) in [5.74, 6) is 0. The summed E-state index contributed by atoms with van der Waals surface area (Å²) in [6.45, 7) is 3.56. The molecule has 0 saturated heterocycles. The minimum Gasteiger partial charge on any atom is -0.377 e. The van der Waals surface area contributed by atoms with Crippen molar-refractivity contribution >= 4 is 14.9 Å². The summed E-state index contributed by atoms with van der Waals surface area (Å²) in [6, 6.07) is 10.9. The van der Waals surface area contributed by atoms with Gasteiger partial charge in [-0.1, -0.05) is 42.5 Å². The highest BCUT2D eigenvalue weighted by molar-refractivity contribution is 6.60. The maximum atomic E-state index is 6.30. The third-order valence-electron chi connectivity index (χ3n) is 3.73. The molecule has 0 aromatic heterocycles. The van der Waals surface area contributed by atoms with E-state index < -0.39 is 14.3 Å². The lowest BCUT2D eigenvalue weighted by Crippen LogP contribution is -2.46. The van der Waals surface area contributed by atoms with Crippen molar-refractivity contribution in [3.05, 3.63) is 42.0 Å². The van der Waals surface area contributed by atoms with E-state index in [1.165, 1.54) is 0 Å². The molecule has 0 radical (unpaired) electrons. The second-order valence-electron chi connectivity index (χ2n) is 5.83. The summed E-state index contributed by atoms with van der Waals surface area (Å²) < 4.78 is 16.2. The lowest BCUT2D eigenvalue weighted by molar-refractivity contribution is 0.123. The molecule has 3 N–H and O–H groups in total. The van der Waals surface area contributed by atoms with E-state index in [0.717, 1.165) is 24.6 Å². The molecule has 5 nitrogen and oxygen atoms in total. The van der Waals surface area contributed by atoms with Crippen molar-refractivity contribution in [1.82, 2.24) is 5.32 Å². The minimum absolute atomic E-state index is 0.395. The van der Waals surface area contributed by atoms with Gasteiger partial charge in [-0.25, -0.2) is 0 Å². The van der Waals surface area contributed by atoms with Crippen LogP contribution in [0.4, 0.5) is 0 Å². The summed E-state index contributed by atoms with van der Waals surface area (Å²) >= 11 is 0. The van der Waals surface area contributed by atoms with Crippen molar-refractivity contribution in [3.8, 4) is 0 Å². The van der Waals surface area contributed by atoms with Gasteiger partial charge in [0.05, 0.1) is 0 Å². The van der Waals surface area contributed by atoms with Crippen molar-refractivity contribution in [2.24, 2.45) is 5.73 Å². The van der Waals surface area contributed by atoms with Crippen LogP contribution in [0.2, 0.25) is 6.04 Å². The summed E-state index contributed by atoms with van der Waals surface area (Å²) in [7, 11) is 2.45. The number of rotatable bonds is 11. The smallest absolute Gasteiger partial charge is 0.377 e. The molecule has 0 saturated carbocycles. The lowest BCUT2D eigenvalue weighted by Gasteiger charge is -2.25. The number of hydrogen-bond donors (Lipinski definition) is 2. The van der Waals surface area contributed by atoms with Gasteiger partial charge in [0.15, 0.2) is 0 Å². The number of benzene rings is 1. The first-order chi connectivity index (χ1) is 11.0. The second-order valence-corrected chi connectivity index (χ2v) is 8.92. The highest BCUT2D eigenvalue weighted by atomic mass is 28.4. The third-order valence-corrected chi connectivity index (χ3v) is 6.56. The first-order valence-electron chi connectivity index (χ1n) is 7.86. The molecule has 1 atom stereocenters. The topological polar surface area (TPSA) is 65.7 Å². The summed E-state index contributed by atoms with van der Waals surface area (Å²) in [5, 5.41) is 3.39. The van der Waals surface area contributed by atoms with Crippen molar-refractivity contribution in [3.63, 3.8) is 0 Å². The molecule has 1 unspecified atom stereocenters. The zero-order valence-corrected chi connectivity index (χ0v) is 15.7. The highest BCUT2D eigenvalue weighted by Gasteiger charge is 2.36. The molecule has 0 fully saturated rings. The molecule has 0 spiro atoms. The Kier molecular flexibility index (Phi) is 8.68. The van der Waals surface area contributed by atoms with Crippen LogP contribution in [0, 0.1) is 0 Å². The summed E-state index contributed by atoms with van der Waals surface area (Å²) in [5.41, 5.74) is 7.05. The van der Waals surface area contributed by atoms with Gasteiger partial charge in [0.1, 0.15) is 0 Å². The SMILES string of the molecule is CO[Si](CCCNCC(C)(N)C=Cc1ccccc1)(OC)OC. The van der Waals surface area contributed by atoms with E-state index in [9.17, 15) is 0 Å². The third kappa shape index (κ3) is 7.39. The van der Waals surface area contributed by atoms with Gasteiger partial charge in [0, 0.05) is 39.5 Å². The largest absolute Gasteiger partial charge is 0.500 e. The maximum Gasteiger partial charge on any atom is 0.500 e. The van der Waals surface area contributed by atoms with Crippen LogP contribution in [0.3, 0.4) is 0 Å². The van der Waals surface area contributed by atoms with Gasteiger partial charge in [0.25, 0.3) is 0 Å². The predicted octanol–water partition coefficient (Wildman–Crippen LogP) is 2.28. The first-order valence-corrected chi connectivity index (χ1v) is 9.79. The normalized spacial score (nSPS) is 15.0. The van der Waals surface area contributed by atoms with Crippen molar-refractivity contribution in [1.29, 1.82) is 0 Å². The molecule has 0 aliphatic heterocycles. The molecule has 23 heavy (non-hydrogen) atoms. The van der Waals surface area contributed by atoms with Crippen LogP contribution < -0.4 is 11.1 Å². The Balaban J connectivity index is 2.32. The molecule has 0 aliphatic carbocycles. The van der Waals surface area contributed by atoms with Gasteiger partial charge in [-0.15, -0.1) is 0 Å². The van der Waals surface area contributed by atoms with Gasteiger partial charge in [-0.2, -0.15) is 0 Å². The van der Waals surface area contributed by atoms with Crippen LogP contribution in [0.5, 0.6) is 0 Å². The summed E-state index contributed by atoms with van der Waals surface area (Å²) in [6.07, 6.45) is 5.01. The van der Waals surface area contributed by atoms with E-state index in [1.807, 2.05) is 31.2 Å². The molecule has 0 heterocycles. The molecular weight excluding hydrogens is 308 g/mol. The lowest BCUT2D eigenvalue weighted by atomic mass is 10.0. The van der Waals surface area contributed by atoms with Crippen LogP contribution in [-0.2, 0) is 13.3 Å². The van der Waals surface area contributed by atoms with Crippen LogP contribution in [-0.4, -0.2) is 48.8 Å². The molecule has 0 amide bonds. The van der Waals surface area contributed by atoms with Crippen LogP contribution >= 0.6 is 0 Å². The Morgan fingerprint density at radius 1 is 1.13 bits per heavy atom. The first kappa shape index (κ1) is 20.0. The van der Waals surface area contributed by atoms with Crippen LogP contribution in [0.25, 0.3) is 6.08 Å². The molecule has 1 aromatic carbocycles. The zero-order valence-electron chi connectivity index (χ0n) is 14.7. The fourth-order valence-electron chi connectivity index (χ4n) is 2.25. The van der Waals surface area contributed by atoms with Gasteiger partial charge in [-0.05, 0) is 25.5 Å². The molecule has 1 rings (SSSR count). The summed E-state index contributed by atoms with van der Waals surface area (Å²) in [4.78, 5) is 0. The Hall–Kier alpha value is -1.02. The Morgan fingerprint density at radius 3 is 2.30 bits per heavy atom. The van der Waals surface area contributed by atoms with Crippen LogP contribution in [0.1, 0.15) is 18.9 Å². The molecule has 6 heteroatoms. The van der Waals surface area contributed by atoms with Crippen molar-refractivity contribution < 1.29 is 13.3 Å². The molecular formula is C17H30N2O3Si. The van der Waals surface area contributed by atoms with Crippen molar-refractivity contribution in [2.45, 2.75) is 24.9 Å². The number of hydrogen-bond acceptors (Lipinski definition) is 5. The van der Waals surface area contributed by atoms with E-state index >= 15 is 0 Å². The monoisotopic (exact) mass is 338 g/mol. The standard InChI is InChI=1S/C17H30N2O3Si/c1-17(18,12-11-16-9-6-5-7-10-16)15-19-13-8-14-23(20-2,21-3)22-4/h5-7,9-12,19H,8,13-15,18H2,1-4H3. The van der Waals surface area contributed by atoms with E-state index in [1.54, 1.807) is 21.3 Å². The molecule has 1 aromatic rings. The van der Waals surface area contributed by atoms with Gasteiger partial charge >= 0.3 is 8.80 Å².